The van der Waals surface area contributed by atoms with Gasteiger partial charge in [-0.15, -0.1) is 0 Å². The maximum atomic E-state index is 10.9. The molecule has 15 heavy (non-hydrogen) atoms. The van der Waals surface area contributed by atoms with Crippen molar-refractivity contribution in [3.8, 4) is 0 Å². The van der Waals surface area contributed by atoms with Crippen molar-refractivity contribution in [1.82, 2.24) is 9.97 Å². The summed E-state index contributed by atoms with van der Waals surface area (Å²) in [5, 5.41) is 8.96. The molecule has 80 valence electrons. The van der Waals surface area contributed by atoms with Crippen LogP contribution in [0, 0.1) is 6.92 Å². The van der Waals surface area contributed by atoms with Gasteiger partial charge in [-0.25, -0.2) is 14.8 Å². The minimum Gasteiger partial charge on any atom is -0.477 e. The lowest BCUT2D eigenvalue weighted by Gasteiger charge is -2.36. The second-order valence-electron chi connectivity index (χ2n) is 4.44. The lowest BCUT2D eigenvalue weighted by Crippen LogP contribution is -2.33. The van der Waals surface area contributed by atoms with Crippen LogP contribution in [0.25, 0.3) is 0 Å². The summed E-state index contributed by atoms with van der Waals surface area (Å²) in [4.78, 5) is 19.3. The highest BCUT2D eigenvalue weighted by Crippen LogP contribution is 2.41. The second-order valence-corrected chi connectivity index (χ2v) is 4.44. The Hall–Kier alpha value is -1.45. The minimum absolute atomic E-state index is 0.00208. The SMILES string of the molecule is Cc1cnc(C2(C)CCC2)nc1C(=O)O. The predicted octanol–water partition coefficient (Wildman–Crippen LogP) is 1.92. The molecule has 0 amide bonds. The van der Waals surface area contributed by atoms with Gasteiger partial charge in [-0.1, -0.05) is 13.3 Å². The smallest absolute Gasteiger partial charge is 0.354 e. The Kier molecular flexibility index (Phi) is 2.21. The first-order valence-electron chi connectivity index (χ1n) is 5.10. The zero-order valence-electron chi connectivity index (χ0n) is 8.95. The van der Waals surface area contributed by atoms with Crippen LogP contribution in [0.15, 0.2) is 6.20 Å². The molecular weight excluding hydrogens is 192 g/mol. The zero-order valence-corrected chi connectivity index (χ0v) is 8.95. The average Bonchev–Trinajstić information content (AvgIpc) is 2.14. The van der Waals surface area contributed by atoms with E-state index in [0.29, 0.717) is 11.4 Å². The number of carboxylic acid groups (broad SMARTS) is 1. The maximum Gasteiger partial charge on any atom is 0.354 e. The van der Waals surface area contributed by atoms with Gasteiger partial charge in [-0.05, 0) is 19.8 Å². The molecule has 1 heterocycles. The standard InChI is InChI=1S/C11H14N2O2/c1-7-6-12-10(11(2)4-3-5-11)13-8(7)9(14)15/h6H,3-5H2,1-2H3,(H,14,15). The van der Waals surface area contributed by atoms with Gasteiger partial charge in [0, 0.05) is 17.2 Å². The first-order valence-corrected chi connectivity index (χ1v) is 5.10. The van der Waals surface area contributed by atoms with Crippen LogP contribution in [-0.2, 0) is 5.41 Å². The first kappa shape index (κ1) is 10.1. The first-order chi connectivity index (χ1) is 7.03. The van der Waals surface area contributed by atoms with Crippen molar-refractivity contribution < 1.29 is 9.90 Å². The number of aromatic carboxylic acids is 1. The van der Waals surface area contributed by atoms with E-state index in [0.717, 1.165) is 12.8 Å². The molecule has 1 N–H and O–H groups in total. The number of carbonyl (C=O) groups is 1. The fourth-order valence-corrected chi connectivity index (χ4v) is 1.88. The molecule has 1 saturated carbocycles. The molecule has 0 unspecified atom stereocenters. The molecule has 1 aromatic heterocycles. The van der Waals surface area contributed by atoms with Crippen molar-refractivity contribution in [1.29, 1.82) is 0 Å². The number of hydrogen-bond donors (Lipinski definition) is 1. The Morgan fingerprint density at radius 3 is 2.67 bits per heavy atom. The monoisotopic (exact) mass is 206 g/mol. The van der Waals surface area contributed by atoms with E-state index in [4.69, 9.17) is 5.11 Å². The van der Waals surface area contributed by atoms with Gasteiger partial charge >= 0.3 is 5.97 Å². The lowest BCUT2D eigenvalue weighted by molar-refractivity contribution is 0.0688. The van der Waals surface area contributed by atoms with Gasteiger partial charge in [0.05, 0.1) is 0 Å². The van der Waals surface area contributed by atoms with Gasteiger partial charge in [-0.3, -0.25) is 0 Å². The summed E-state index contributed by atoms with van der Waals surface area (Å²) in [5.41, 5.74) is 0.750. The molecule has 0 aromatic carbocycles. The van der Waals surface area contributed by atoms with Gasteiger partial charge in [-0.2, -0.15) is 0 Å². The summed E-state index contributed by atoms with van der Waals surface area (Å²) < 4.78 is 0. The highest BCUT2D eigenvalue weighted by Gasteiger charge is 2.36. The van der Waals surface area contributed by atoms with E-state index in [1.54, 1.807) is 13.1 Å². The normalized spacial score (nSPS) is 18.3. The van der Waals surface area contributed by atoms with E-state index >= 15 is 0 Å². The van der Waals surface area contributed by atoms with Crippen molar-refractivity contribution >= 4 is 5.97 Å². The molecule has 0 atom stereocenters. The number of rotatable bonds is 2. The summed E-state index contributed by atoms with van der Waals surface area (Å²) in [5.74, 6) is -0.296. The van der Waals surface area contributed by atoms with Gasteiger partial charge in [0.1, 0.15) is 5.82 Å². The third-order valence-corrected chi connectivity index (χ3v) is 3.17. The Bertz CT molecular complexity index is 411. The number of carboxylic acids is 1. The molecule has 4 nitrogen and oxygen atoms in total. The van der Waals surface area contributed by atoms with Gasteiger partial charge in [0.25, 0.3) is 0 Å². The molecule has 4 heteroatoms. The predicted molar refractivity (Wildman–Crippen MR) is 54.9 cm³/mol. The van der Waals surface area contributed by atoms with Crippen LogP contribution in [0.3, 0.4) is 0 Å². The van der Waals surface area contributed by atoms with Crippen LogP contribution in [0.2, 0.25) is 0 Å². The van der Waals surface area contributed by atoms with Gasteiger partial charge in [0.2, 0.25) is 0 Å². The van der Waals surface area contributed by atoms with Crippen LogP contribution in [0.4, 0.5) is 0 Å². The summed E-state index contributed by atoms with van der Waals surface area (Å²) in [6.07, 6.45) is 4.88. The quantitative estimate of drug-likeness (QED) is 0.803. The summed E-state index contributed by atoms with van der Waals surface area (Å²) in [6.45, 7) is 3.81. The number of nitrogens with zero attached hydrogens (tertiary/aromatic N) is 2. The van der Waals surface area contributed by atoms with Gasteiger partial charge in [0.15, 0.2) is 5.69 Å². The van der Waals surface area contributed by atoms with Crippen molar-refractivity contribution in [3.63, 3.8) is 0 Å². The van der Waals surface area contributed by atoms with Crippen molar-refractivity contribution in [3.05, 3.63) is 23.3 Å². The summed E-state index contributed by atoms with van der Waals surface area (Å²) >= 11 is 0. The fourth-order valence-electron chi connectivity index (χ4n) is 1.88. The maximum absolute atomic E-state index is 10.9. The van der Waals surface area contributed by atoms with Gasteiger partial charge < -0.3 is 5.11 Å². The Morgan fingerprint density at radius 2 is 2.20 bits per heavy atom. The largest absolute Gasteiger partial charge is 0.477 e. The van der Waals surface area contributed by atoms with Crippen LogP contribution in [0.1, 0.15) is 48.1 Å². The van der Waals surface area contributed by atoms with E-state index in [9.17, 15) is 4.79 Å². The highest BCUT2D eigenvalue weighted by atomic mass is 16.4. The Labute approximate surface area is 88.4 Å². The molecule has 0 bridgehead atoms. The molecule has 1 aromatic rings. The molecule has 0 saturated heterocycles. The Balaban J connectivity index is 2.42. The van der Waals surface area contributed by atoms with Crippen LogP contribution >= 0.6 is 0 Å². The van der Waals surface area contributed by atoms with E-state index < -0.39 is 5.97 Å². The molecule has 0 spiro atoms. The fraction of sp³-hybridized carbons (Fsp3) is 0.545. The minimum atomic E-state index is -0.973. The number of aromatic nitrogens is 2. The van der Waals surface area contributed by atoms with Crippen molar-refractivity contribution in [2.45, 2.75) is 38.5 Å². The molecule has 0 radical (unpaired) electrons. The molecule has 1 fully saturated rings. The summed E-state index contributed by atoms with van der Waals surface area (Å²) in [7, 11) is 0. The van der Waals surface area contributed by atoms with E-state index in [1.807, 2.05) is 0 Å². The molecule has 0 aliphatic heterocycles. The van der Waals surface area contributed by atoms with E-state index in [2.05, 4.69) is 16.9 Å². The lowest BCUT2D eigenvalue weighted by atomic mass is 9.70. The molecule has 1 aliphatic rings. The van der Waals surface area contributed by atoms with Crippen LogP contribution < -0.4 is 0 Å². The van der Waals surface area contributed by atoms with E-state index in [1.165, 1.54) is 6.42 Å². The molecule has 2 rings (SSSR count). The van der Waals surface area contributed by atoms with E-state index in [-0.39, 0.29) is 11.1 Å². The number of hydrogen-bond acceptors (Lipinski definition) is 3. The number of aryl methyl sites for hydroxylation is 1. The van der Waals surface area contributed by atoms with Crippen LogP contribution in [-0.4, -0.2) is 21.0 Å². The van der Waals surface area contributed by atoms with Crippen molar-refractivity contribution in [2.24, 2.45) is 0 Å². The third kappa shape index (κ3) is 1.60. The average molecular weight is 206 g/mol. The molecular formula is C11H14N2O2. The molecule has 1 aliphatic carbocycles. The Morgan fingerprint density at radius 1 is 1.53 bits per heavy atom. The third-order valence-electron chi connectivity index (χ3n) is 3.17. The highest BCUT2D eigenvalue weighted by molar-refractivity contribution is 5.86. The van der Waals surface area contributed by atoms with Crippen molar-refractivity contribution in [2.75, 3.05) is 0 Å². The second kappa shape index (κ2) is 3.29. The summed E-state index contributed by atoms with van der Waals surface area (Å²) in [6, 6.07) is 0. The van der Waals surface area contributed by atoms with Crippen LogP contribution in [0.5, 0.6) is 0 Å². The topological polar surface area (TPSA) is 63.1 Å². The zero-order chi connectivity index (χ0) is 11.1.